The molecular formula is C12H16F3N3O3S. The van der Waals surface area contributed by atoms with Gasteiger partial charge in [0.1, 0.15) is 9.84 Å². The highest BCUT2D eigenvalue weighted by Gasteiger charge is 2.32. The van der Waals surface area contributed by atoms with E-state index < -0.39 is 21.9 Å². The number of halogens is 3. The fourth-order valence-electron chi connectivity index (χ4n) is 1.49. The van der Waals surface area contributed by atoms with Crippen molar-refractivity contribution in [1.82, 2.24) is 0 Å². The minimum Gasteiger partial charge on any atom is -0.404 e. The lowest BCUT2D eigenvalue weighted by Gasteiger charge is -2.14. The normalized spacial score (nSPS) is 13.0. The summed E-state index contributed by atoms with van der Waals surface area (Å²) in [5, 5.41) is 2.48. The number of nitrogens with zero attached hydrogens (tertiary/aromatic N) is 1. The Labute approximate surface area is 126 Å². The van der Waals surface area contributed by atoms with Crippen LogP contribution in [-0.2, 0) is 9.84 Å². The summed E-state index contributed by atoms with van der Waals surface area (Å²) in [5.74, 6) is -0.617. The summed E-state index contributed by atoms with van der Waals surface area (Å²) >= 11 is 0. The van der Waals surface area contributed by atoms with Crippen molar-refractivity contribution in [1.29, 1.82) is 0 Å². The van der Waals surface area contributed by atoms with Gasteiger partial charge in [0.25, 0.3) is 0 Å². The Hall–Kier alpha value is -1.97. The van der Waals surface area contributed by atoms with Crippen molar-refractivity contribution in [3.63, 3.8) is 0 Å². The van der Waals surface area contributed by atoms with Crippen molar-refractivity contribution in [2.24, 2.45) is 10.7 Å². The average Bonchev–Trinajstić information content (AvgIpc) is 2.34. The minimum absolute atomic E-state index is 0.00388. The number of sulfone groups is 1. The number of rotatable bonds is 6. The Kier molecular flexibility index (Phi) is 6.03. The number of anilines is 1. The molecule has 0 unspecified atom stereocenters. The van der Waals surface area contributed by atoms with Gasteiger partial charge in [-0.05, 0) is 18.6 Å². The highest BCUT2D eigenvalue weighted by molar-refractivity contribution is 7.90. The zero-order valence-electron chi connectivity index (χ0n) is 11.7. The summed E-state index contributed by atoms with van der Waals surface area (Å²) in [7, 11) is -3.08. The number of nitrogens with one attached hydrogen (secondary N) is 1. The van der Waals surface area contributed by atoms with Gasteiger partial charge in [0.2, 0.25) is 0 Å². The maximum absolute atomic E-state index is 12.3. The molecule has 0 saturated carbocycles. The highest BCUT2D eigenvalue weighted by atomic mass is 32.2. The van der Waals surface area contributed by atoms with E-state index in [-0.39, 0.29) is 30.4 Å². The average molecular weight is 339 g/mol. The molecule has 0 atom stereocenters. The standard InChI is InChI=1S/C12H16F3N3O3S/c1-22(19,20)8-4-7-17-11(16)18-9-5-2-3-6-10(9)21-12(13,14)15/h2-3,5-6H,4,7-8H2,1H3,(H3,16,17,18). The molecule has 0 aliphatic rings. The van der Waals surface area contributed by atoms with Crippen LogP contribution in [0.1, 0.15) is 6.42 Å². The summed E-state index contributed by atoms with van der Waals surface area (Å²) in [4.78, 5) is 3.84. The van der Waals surface area contributed by atoms with Gasteiger partial charge in [-0.2, -0.15) is 0 Å². The monoisotopic (exact) mass is 339 g/mol. The Morgan fingerprint density at radius 3 is 2.59 bits per heavy atom. The second kappa shape index (κ2) is 7.34. The SMILES string of the molecule is CS(=O)(=O)CCCN=C(N)Nc1ccccc1OC(F)(F)F. The largest absolute Gasteiger partial charge is 0.573 e. The predicted octanol–water partition coefficient (Wildman–Crippen LogP) is 1.75. The predicted molar refractivity (Wildman–Crippen MR) is 77.6 cm³/mol. The maximum Gasteiger partial charge on any atom is 0.573 e. The van der Waals surface area contributed by atoms with E-state index in [0.717, 1.165) is 12.3 Å². The number of aliphatic imine (C=N–C) groups is 1. The van der Waals surface area contributed by atoms with Crippen LogP contribution in [0.5, 0.6) is 5.75 Å². The van der Waals surface area contributed by atoms with Crippen LogP contribution in [0, 0.1) is 0 Å². The molecule has 124 valence electrons. The maximum atomic E-state index is 12.3. The summed E-state index contributed by atoms with van der Waals surface area (Å²) < 4.78 is 62.5. The molecule has 0 bridgehead atoms. The van der Waals surface area contributed by atoms with E-state index in [9.17, 15) is 21.6 Å². The van der Waals surface area contributed by atoms with Crippen LogP contribution in [0.3, 0.4) is 0 Å². The van der Waals surface area contributed by atoms with Crippen LogP contribution >= 0.6 is 0 Å². The number of para-hydroxylation sites is 2. The third-order valence-corrected chi connectivity index (χ3v) is 3.36. The number of benzene rings is 1. The third-order valence-electron chi connectivity index (χ3n) is 2.33. The van der Waals surface area contributed by atoms with Gasteiger partial charge >= 0.3 is 6.36 Å². The van der Waals surface area contributed by atoms with Gasteiger partial charge < -0.3 is 15.8 Å². The molecule has 0 fully saturated rings. The number of guanidine groups is 1. The molecule has 1 rings (SSSR count). The zero-order chi connectivity index (χ0) is 16.8. The molecule has 22 heavy (non-hydrogen) atoms. The second-order valence-corrected chi connectivity index (χ2v) is 6.68. The van der Waals surface area contributed by atoms with Gasteiger partial charge in [-0.3, -0.25) is 4.99 Å². The van der Waals surface area contributed by atoms with E-state index in [1.807, 2.05) is 0 Å². The summed E-state index contributed by atoms with van der Waals surface area (Å²) in [5.41, 5.74) is 5.54. The molecular weight excluding hydrogens is 323 g/mol. The molecule has 3 N–H and O–H groups in total. The Morgan fingerprint density at radius 2 is 2.00 bits per heavy atom. The molecule has 10 heteroatoms. The Bertz CT molecular complexity index is 630. The summed E-state index contributed by atoms with van der Waals surface area (Å²) in [6.45, 7) is 0.133. The number of nitrogens with two attached hydrogens (primary N) is 1. The van der Waals surface area contributed by atoms with Crippen molar-refractivity contribution < 1.29 is 26.3 Å². The fourth-order valence-corrected chi connectivity index (χ4v) is 2.14. The first-order valence-corrected chi connectivity index (χ1v) is 8.22. The zero-order valence-corrected chi connectivity index (χ0v) is 12.5. The first-order chi connectivity index (χ1) is 10.1. The molecule has 0 amide bonds. The van der Waals surface area contributed by atoms with Gasteiger partial charge in [-0.1, -0.05) is 12.1 Å². The Balaban J connectivity index is 2.66. The number of alkyl halides is 3. The lowest BCUT2D eigenvalue weighted by atomic mass is 10.3. The van der Waals surface area contributed by atoms with E-state index in [1.165, 1.54) is 18.2 Å². The highest BCUT2D eigenvalue weighted by Crippen LogP contribution is 2.29. The van der Waals surface area contributed by atoms with E-state index in [4.69, 9.17) is 5.73 Å². The second-order valence-electron chi connectivity index (χ2n) is 4.42. The van der Waals surface area contributed by atoms with Crippen molar-refractivity contribution in [3.8, 4) is 5.75 Å². The molecule has 6 nitrogen and oxygen atoms in total. The smallest absolute Gasteiger partial charge is 0.404 e. The summed E-state index contributed by atoms with van der Waals surface area (Å²) in [6, 6.07) is 5.36. The van der Waals surface area contributed by atoms with Crippen molar-refractivity contribution in [3.05, 3.63) is 24.3 Å². The third kappa shape index (κ3) is 7.72. The number of hydrogen-bond acceptors (Lipinski definition) is 4. The molecule has 0 radical (unpaired) electrons. The lowest BCUT2D eigenvalue weighted by Crippen LogP contribution is -2.25. The van der Waals surface area contributed by atoms with Crippen LogP contribution in [0.15, 0.2) is 29.3 Å². The van der Waals surface area contributed by atoms with Gasteiger partial charge in [-0.25, -0.2) is 8.42 Å². The van der Waals surface area contributed by atoms with Crippen LogP contribution in [0.2, 0.25) is 0 Å². The fraction of sp³-hybridized carbons (Fsp3) is 0.417. The number of ether oxygens (including phenoxy) is 1. The molecule has 0 aromatic heterocycles. The lowest BCUT2D eigenvalue weighted by molar-refractivity contribution is -0.274. The van der Waals surface area contributed by atoms with Gasteiger partial charge in [0.15, 0.2) is 11.7 Å². The Morgan fingerprint density at radius 1 is 1.36 bits per heavy atom. The molecule has 1 aromatic carbocycles. The van der Waals surface area contributed by atoms with E-state index in [1.54, 1.807) is 0 Å². The molecule has 0 aliphatic carbocycles. The molecule has 0 saturated heterocycles. The molecule has 1 aromatic rings. The first kappa shape index (κ1) is 18.1. The van der Waals surface area contributed by atoms with E-state index in [2.05, 4.69) is 15.0 Å². The van der Waals surface area contributed by atoms with Gasteiger partial charge in [-0.15, -0.1) is 13.2 Å². The van der Waals surface area contributed by atoms with E-state index in [0.29, 0.717) is 0 Å². The van der Waals surface area contributed by atoms with Crippen molar-refractivity contribution in [2.75, 3.05) is 23.9 Å². The van der Waals surface area contributed by atoms with Crippen LogP contribution in [0.4, 0.5) is 18.9 Å². The van der Waals surface area contributed by atoms with Gasteiger partial charge in [0.05, 0.1) is 11.4 Å². The minimum atomic E-state index is -4.82. The van der Waals surface area contributed by atoms with Gasteiger partial charge in [0, 0.05) is 12.8 Å². The summed E-state index contributed by atoms with van der Waals surface area (Å²) in [6.07, 6.45) is -3.45. The van der Waals surface area contributed by atoms with Crippen LogP contribution < -0.4 is 15.8 Å². The molecule has 0 aliphatic heterocycles. The van der Waals surface area contributed by atoms with Crippen molar-refractivity contribution >= 4 is 21.5 Å². The molecule has 0 heterocycles. The first-order valence-electron chi connectivity index (χ1n) is 6.16. The van der Waals surface area contributed by atoms with Crippen LogP contribution in [-0.4, -0.2) is 39.3 Å². The quantitative estimate of drug-likeness (QED) is 0.468. The van der Waals surface area contributed by atoms with Crippen molar-refractivity contribution in [2.45, 2.75) is 12.8 Å². The van der Waals surface area contributed by atoms with Crippen LogP contribution in [0.25, 0.3) is 0 Å². The number of hydrogen-bond donors (Lipinski definition) is 2. The topological polar surface area (TPSA) is 93.8 Å². The molecule has 0 spiro atoms. The van der Waals surface area contributed by atoms with E-state index >= 15 is 0 Å².